The number of benzene rings is 1. The van der Waals surface area contributed by atoms with E-state index in [9.17, 15) is 0 Å². The molecular formula is C16H18N2. The maximum Gasteiger partial charge on any atom is 0.0665 e. The average molecular weight is 238 g/mol. The molecule has 0 saturated heterocycles. The van der Waals surface area contributed by atoms with Gasteiger partial charge in [0.1, 0.15) is 0 Å². The number of aromatic nitrogens is 1. The molecule has 1 fully saturated rings. The largest absolute Gasteiger partial charge is 0.360 e. The van der Waals surface area contributed by atoms with Crippen molar-refractivity contribution in [3.63, 3.8) is 0 Å². The molecule has 0 aliphatic heterocycles. The molecule has 18 heavy (non-hydrogen) atoms. The van der Waals surface area contributed by atoms with E-state index in [1.54, 1.807) is 0 Å². The molecule has 2 nitrogen and oxygen atoms in total. The number of aromatic amines is 1. The molecule has 1 aromatic heterocycles. The van der Waals surface area contributed by atoms with Crippen molar-refractivity contribution in [3.05, 3.63) is 53.9 Å². The third-order valence-corrected chi connectivity index (χ3v) is 3.70. The first kappa shape index (κ1) is 11.3. The molecule has 2 heteroatoms. The summed E-state index contributed by atoms with van der Waals surface area (Å²) < 4.78 is 0. The zero-order chi connectivity index (χ0) is 12.2. The van der Waals surface area contributed by atoms with Gasteiger partial charge in [0, 0.05) is 6.20 Å². The van der Waals surface area contributed by atoms with Crippen LogP contribution in [0.3, 0.4) is 0 Å². The minimum absolute atomic E-state index is 0.710. The first-order valence-corrected chi connectivity index (χ1v) is 6.70. The summed E-state index contributed by atoms with van der Waals surface area (Å²) in [6.07, 6.45) is 9.18. The maximum atomic E-state index is 4.64. The Bertz CT molecular complexity index is 520. The number of hydrogen-bond acceptors (Lipinski definition) is 1. The molecular weight excluding hydrogens is 220 g/mol. The SMILES string of the molecule is C(=Nc1ccccc1C1CCCC1)c1ccc[nH]1. The average Bonchev–Trinajstić information content (AvgIpc) is 3.10. The zero-order valence-corrected chi connectivity index (χ0v) is 10.5. The number of H-pyrrole nitrogens is 1. The van der Waals surface area contributed by atoms with Gasteiger partial charge in [-0.3, -0.25) is 4.99 Å². The van der Waals surface area contributed by atoms with Gasteiger partial charge in [-0.1, -0.05) is 31.0 Å². The highest BCUT2D eigenvalue weighted by Gasteiger charge is 2.19. The van der Waals surface area contributed by atoms with E-state index < -0.39 is 0 Å². The summed E-state index contributed by atoms with van der Waals surface area (Å²) in [7, 11) is 0. The molecule has 1 aromatic carbocycles. The van der Waals surface area contributed by atoms with Crippen LogP contribution in [0.25, 0.3) is 0 Å². The van der Waals surface area contributed by atoms with Crippen molar-refractivity contribution < 1.29 is 0 Å². The van der Waals surface area contributed by atoms with Gasteiger partial charge in [-0.25, -0.2) is 0 Å². The molecule has 0 atom stereocenters. The van der Waals surface area contributed by atoms with Crippen molar-refractivity contribution in [1.82, 2.24) is 4.98 Å². The Kier molecular flexibility index (Phi) is 3.26. The lowest BCUT2D eigenvalue weighted by molar-refractivity contribution is 0.724. The summed E-state index contributed by atoms with van der Waals surface area (Å²) in [5, 5.41) is 0. The van der Waals surface area contributed by atoms with E-state index >= 15 is 0 Å². The van der Waals surface area contributed by atoms with Crippen LogP contribution in [0.1, 0.15) is 42.9 Å². The van der Waals surface area contributed by atoms with E-state index in [1.165, 1.54) is 31.2 Å². The molecule has 1 aliphatic rings. The molecule has 1 aliphatic carbocycles. The maximum absolute atomic E-state index is 4.64. The summed E-state index contributed by atoms with van der Waals surface area (Å²) in [5.74, 6) is 0.710. The van der Waals surface area contributed by atoms with Crippen LogP contribution in [0.2, 0.25) is 0 Å². The van der Waals surface area contributed by atoms with Gasteiger partial charge >= 0.3 is 0 Å². The minimum atomic E-state index is 0.710. The van der Waals surface area contributed by atoms with Gasteiger partial charge in [-0.15, -0.1) is 0 Å². The molecule has 0 unspecified atom stereocenters. The fourth-order valence-corrected chi connectivity index (χ4v) is 2.75. The number of para-hydroxylation sites is 1. The van der Waals surface area contributed by atoms with Crippen molar-refractivity contribution in [3.8, 4) is 0 Å². The van der Waals surface area contributed by atoms with Crippen LogP contribution in [0.5, 0.6) is 0 Å². The molecule has 0 amide bonds. The standard InChI is InChI=1S/C16H18N2/c1-2-7-13(6-1)15-9-3-4-10-16(15)18-12-14-8-5-11-17-14/h3-5,8-13,17H,1-2,6-7H2. The highest BCUT2D eigenvalue weighted by Crippen LogP contribution is 2.38. The lowest BCUT2D eigenvalue weighted by Crippen LogP contribution is -1.92. The van der Waals surface area contributed by atoms with E-state index in [0.717, 1.165) is 11.4 Å². The molecule has 92 valence electrons. The highest BCUT2D eigenvalue weighted by atomic mass is 14.8. The van der Waals surface area contributed by atoms with Gasteiger partial charge in [0.15, 0.2) is 0 Å². The van der Waals surface area contributed by atoms with Crippen molar-refractivity contribution >= 4 is 11.9 Å². The summed E-state index contributed by atoms with van der Waals surface area (Å²) in [5.41, 5.74) is 3.59. The predicted octanol–water partition coefficient (Wildman–Crippen LogP) is 4.42. The third-order valence-electron chi connectivity index (χ3n) is 3.70. The highest BCUT2D eigenvalue weighted by molar-refractivity contribution is 5.80. The quantitative estimate of drug-likeness (QED) is 0.767. The van der Waals surface area contributed by atoms with E-state index in [2.05, 4.69) is 34.2 Å². The van der Waals surface area contributed by atoms with Crippen LogP contribution in [-0.4, -0.2) is 11.2 Å². The second-order valence-corrected chi connectivity index (χ2v) is 4.92. The van der Waals surface area contributed by atoms with Crippen LogP contribution >= 0.6 is 0 Å². The van der Waals surface area contributed by atoms with Crippen LogP contribution in [-0.2, 0) is 0 Å². The van der Waals surface area contributed by atoms with Crippen LogP contribution in [0.15, 0.2) is 47.6 Å². The lowest BCUT2D eigenvalue weighted by atomic mass is 9.96. The normalized spacial score (nSPS) is 16.7. The minimum Gasteiger partial charge on any atom is -0.360 e. The zero-order valence-electron chi connectivity index (χ0n) is 10.5. The first-order valence-electron chi connectivity index (χ1n) is 6.70. The molecule has 1 heterocycles. The Labute approximate surface area is 108 Å². The van der Waals surface area contributed by atoms with Crippen molar-refractivity contribution in [1.29, 1.82) is 0 Å². The van der Waals surface area contributed by atoms with Crippen molar-refractivity contribution in [2.45, 2.75) is 31.6 Å². The summed E-state index contributed by atoms with van der Waals surface area (Å²) in [4.78, 5) is 7.78. The van der Waals surface area contributed by atoms with Crippen molar-refractivity contribution in [2.24, 2.45) is 4.99 Å². The fraction of sp³-hybridized carbons (Fsp3) is 0.312. The molecule has 1 N–H and O–H groups in total. The number of hydrogen-bond donors (Lipinski definition) is 1. The number of nitrogens with zero attached hydrogens (tertiary/aromatic N) is 1. The number of aliphatic imine (C=N–C) groups is 1. The Balaban J connectivity index is 1.87. The van der Waals surface area contributed by atoms with Gasteiger partial charge in [0.2, 0.25) is 0 Å². The summed E-state index contributed by atoms with van der Waals surface area (Å²) >= 11 is 0. The molecule has 0 spiro atoms. The molecule has 0 bridgehead atoms. The third kappa shape index (κ3) is 2.37. The predicted molar refractivity (Wildman–Crippen MR) is 75.7 cm³/mol. The van der Waals surface area contributed by atoms with E-state index in [0.29, 0.717) is 5.92 Å². The Morgan fingerprint density at radius 3 is 2.67 bits per heavy atom. The summed E-state index contributed by atoms with van der Waals surface area (Å²) in [6, 6.07) is 12.6. The van der Waals surface area contributed by atoms with E-state index in [4.69, 9.17) is 0 Å². The van der Waals surface area contributed by atoms with Gasteiger partial charge in [0.25, 0.3) is 0 Å². The van der Waals surface area contributed by atoms with Crippen LogP contribution in [0, 0.1) is 0 Å². The molecule has 3 rings (SSSR count). The van der Waals surface area contributed by atoms with Crippen LogP contribution < -0.4 is 0 Å². The van der Waals surface area contributed by atoms with Gasteiger partial charge in [-0.05, 0) is 42.5 Å². The van der Waals surface area contributed by atoms with Gasteiger partial charge in [-0.2, -0.15) is 0 Å². The van der Waals surface area contributed by atoms with E-state index in [-0.39, 0.29) is 0 Å². The smallest absolute Gasteiger partial charge is 0.0665 e. The second-order valence-electron chi connectivity index (χ2n) is 4.92. The Morgan fingerprint density at radius 2 is 1.89 bits per heavy atom. The Hall–Kier alpha value is -1.83. The first-order chi connectivity index (χ1) is 8.93. The molecule has 2 aromatic rings. The molecule has 0 radical (unpaired) electrons. The number of rotatable bonds is 3. The fourth-order valence-electron chi connectivity index (χ4n) is 2.75. The number of nitrogens with one attached hydrogen (secondary N) is 1. The summed E-state index contributed by atoms with van der Waals surface area (Å²) in [6.45, 7) is 0. The monoisotopic (exact) mass is 238 g/mol. The van der Waals surface area contributed by atoms with Crippen LogP contribution in [0.4, 0.5) is 5.69 Å². The van der Waals surface area contributed by atoms with Crippen molar-refractivity contribution in [2.75, 3.05) is 0 Å². The van der Waals surface area contributed by atoms with Gasteiger partial charge in [0.05, 0.1) is 17.6 Å². The van der Waals surface area contributed by atoms with E-state index in [1.807, 2.05) is 24.5 Å². The lowest BCUT2D eigenvalue weighted by Gasteiger charge is -2.11. The second kappa shape index (κ2) is 5.21. The van der Waals surface area contributed by atoms with Gasteiger partial charge < -0.3 is 4.98 Å². The Morgan fingerprint density at radius 1 is 1.06 bits per heavy atom. The topological polar surface area (TPSA) is 28.1 Å². The molecule has 1 saturated carbocycles.